The van der Waals surface area contributed by atoms with Gasteiger partial charge in [-0.15, -0.1) is 0 Å². The molecule has 4 N–H and O–H groups in total. The number of aromatic amines is 1. The third kappa shape index (κ3) is 3.88. The van der Waals surface area contributed by atoms with E-state index in [1.165, 1.54) is 19.3 Å². The molecule has 1 aliphatic carbocycles. The third-order valence-electron chi connectivity index (χ3n) is 4.06. The molecule has 1 heterocycles. The fourth-order valence-electron chi connectivity index (χ4n) is 2.84. The Hall–Kier alpha value is -2.48. The number of carbonyl (C=O) groups excluding carboxylic acids is 1. The number of nitrogens with zero attached hydrogens (tertiary/aromatic N) is 1. The second kappa shape index (κ2) is 7.39. The number of carbonyl (C=O) groups is 1. The van der Waals surface area contributed by atoms with Gasteiger partial charge in [-0.1, -0.05) is 31.4 Å². The number of benzene rings is 1. The molecule has 1 saturated carbocycles. The minimum atomic E-state index is -0.550. The van der Waals surface area contributed by atoms with E-state index in [1.54, 1.807) is 24.3 Å². The molecule has 0 unspecified atom stereocenters. The van der Waals surface area contributed by atoms with Gasteiger partial charge in [0.25, 0.3) is 5.56 Å². The number of nitrogens with one attached hydrogen (secondary N) is 4. The second-order valence-electron chi connectivity index (χ2n) is 5.82. The van der Waals surface area contributed by atoms with Crippen LogP contribution in [-0.4, -0.2) is 27.0 Å². The predicted octanol–water partition coefficient (Wildman–Crippen LogP) is 1.36. The highest BCUT2D eigenvalue weighted by Crippen LogP contribution is 2.17. The fourth-order valence-corrected chi connectivity index (χ4v) is 3.05. The SMILES string of the molecule is O=C(NNC(=S)NC1CCCCC1)c1nc2ccccc2c(=O)[nH]1. The van der Waals surface area contributed by atoms with Crippen molar-refractivity contribution in [2.75, 3.05) is 0 Å². The van der Waals surface area contributed by atoms with Gasteiger partial charge in [-0.2, -0.15) is 0 Å². The Balaban J connectivity index is 1.60. The Bertz CT molecular complexity index is 813. The van der Waals surface area contributed by atoms with E-state index in [-0.39, 0.29) is 11.4 Å². The number of hydrazine groups is 1. The van der Waals surface area contributed by atoms with Crippen LogP contribution in [0.15, 0.2) is 29.1 Å². The number of amides is 1. The number of fused-ring (bicyclic) bond motifs is 1. The summed E-state index contributed by atoms with van der Waals surface area (Å²) in [6.07, 6.45) is 5.80. The molecule has 0 bridgehead atoms. The topological polar surface area (TPSA) is 98.9 Å². The lowest BCUT2D eigenvalue weighted by atomic mass is 9.96. The van der Waals surface area contributed by atoms with Crippen LogP contribution in [0.3, 0.4) is 0 Å². The Morgan fingerprint density at radius 1 is 1.17 bits per heavy atom. The third-order valence-corrected chi connectivity index (χ3v) is 4.28. The van der Waals surface area contributed by atoms with Crippen molar-refractivity contribution in [3.8, 4) is 0 Å². The van der Waals surface area contributed by atoms with Crippen LogP contribution in [0.1, 0.15) is 42.7 Å². The van der Waals surface area contributed by atoms with Gasteiger partial charge in [0.05, 0.1) is 10.9 Å². The highest BCUT2D eigenvalue weighted by molar-refractivity contribution is 7.80. The van der Waals surface area contributed by atoms with Gasteiger partial charge in [-0.3, -0.25) is 20.4 Å². The van der Waals surface area contributed by atoms with E-state index < -0.39 is 5.91 Å². The minimum Gasteiger partial charge on any atom is -0.359 e. The number of para-hydroxylation sites is 1. The molecule has 0 saturated heterocycles. The van der Waals surface area contributed by atoms with Gasteiger partial charge in [0.1, 0.15) is 0 Å². The summed E-state index contributed by atoms with van der Waals surface area (Å²) in [7, 11) is 0. The summed E-state index contributed by atoms with van der Waals surface area (Å²) in [5.41, 5.74) is 5.22. The Morgan fingerprint density at radius 3 is 2.71 bits per heavy atom. The number of thiocarbonyl (C=S) groups is 1. The summed E-state index contributed by atoms with van der Waals surface area (Å²) in [6, 6.07) is 7.19. The molecule has 1 aromatic carbocycles. The first kappa shape index (κ1) is 16.4. The smallest absolute Gasteiger partial charge is 0.305 e. The molecule has 126 valence electrons. The van der Waals surface area contributed by atoms with Crippen molar-refractivity contribution < 1.29 is 4.79 Å². The first-order valence-corrected chi connectivity index (χ1v) is 8.40. The van der Waals surface area contributed by atoms with E-state index >= 15 is 0 Å². The highest BCUT2D eigenvalue weighted by atomic mass is 32.1. The van der Waals surface area contributed by atoms with Crippen molar-refractivity contribution in [1.29, 1.82) is 0 Å². The van der Waals surface area contributed by atoms with Gasteiger partial charge >= 0.3 is 5.91 Å². The zero-order chi connectivity index (χ0) is 16.9. The maximum absolute atomic E-state index is 12.1. The number of rotatable bonds is 2. The normalized spacial score (nSPS) is 15.0. The summed E-state index contributed by atoms with van der Waals surface area (Å²) in [5, 5.41) is 3.98. The van der Waals surface area contributed by atoms with Gasteiger partial charge in [-0.05, 0) is 37.2 Å². The second-order valence-corrected chi connectivity index (χ2v) is 6.23. The van der Waals surface area contributed by atoms with Crippen molar-refractivity contribution in [2.24, 2.45) is 0 Å². The number of H-pyrrole nitrogens is 1. The molecule has 7 nitrogen and oxygen atoms in total. The first-order chi connectivity index (χ1) is 11.6. The summed E-state index contributed by atoms with van der Waals surface area (Å²) >= 11 is 5.18. The van der Waals surface area contributed by atoms with E-state index in [4.69, 9.17) is 12.2 Å². The van der Waals surface area contributed by atoms with Crippen molar-refractivity contribution in [1.82, 2.24) is 26.1 Å². The average molecular weight is 345 g/mol. The predicted molar refractivity (Wildman–Crippen MR) is 95.6 cm³/mol. The zero-order valence-corrected chi connectivity index (χ0v) is 13.9. The van der Waals surface area contributed by atoms with Gasteiger partial charge in [0.2, 0.25) is 5.82 Å². The largest absolute Gasteiger partial charge is 0.359 e. The number of hydrogen-bond acceptors (Lipinski definition) is 4. The van der Waals surface area contributed by atoms with Crippen molar-refractivity contribution in [3.05, 3.63) is 40.4 Å². The van der Waals surface area contributed by atoms with E-state index in [1.807, 2.05) is 0 Å². The monoisotopic (exact) mass is 345 g/mol. The number of aromatic nitrogens is 2. The molecule has 1 amide bonds. The molecule has 3 rings (SSSR count). The van der Waals surface area contributed by atoms with Crippen LogP contribution in [0.5, 0.6) is 0 Å². The maximum Gasteiger partial charge on any atom is 0.305 e. The average Bonchev–Trinajstić information content (AvgIpc) is 2.60. The standard InChI is InChI=1S/C16H19N5O2S/c22-14-11-8-4-5-9-12(11)18-13(19-14)15(23)20-21-16(24)17-10-6-2-1-3-7-10/h4-5,8-10H,1-3,6-7H2,(H,20,23)(H2,17,21,24)(H,18,19,22). The highest BCUT2D eigenvalue weighted by Gasteiger charge is 2.15. The van der Waals surface area contributed by atoms with Crippen molar-refractivity contribution in [3.63, 3.8) is 0 Å². The van der Waals surface area contributed by atoms with Gasteiger partial charge in [-0.25, -0.2) is 4.98 Å². The van der Waals surface area contributed by atoms with Gasteiger partial charge < -0.3 is 10.3 Å². The van der Waals surface area contributed by atoms with E-state index in [2.05, 4.69) is 26.1 Å². The lowest BCUT2D eigenvalue weighted by Crippen LogP contribution is -2.50. The van der Waals surface area contributed by atoms with E-state index in [0.717, 1.165) is 12.8 Å². The van der Waals surface area contributed by atoms with Crippen LogP contribution >= 0.6 is 12.2 Å². The quantitative estimate of drug-likeness (QED) is 0.485. The summed E-state index contributed by atoms with van der Waals surface area (Å²) in [5.74, 6) is -0.614. The molecular formula is C16H19N5O2S. The molecule has 0 aliphatic heterocycles. The molecule has 1 aromatic heterocycles. The molecule has 8 heteroatoms. The van der Waals surface area contributed by atoms with Crippen LogP contribution in [0.2, 0.25) is 0 Å². The summed E-state index contributed by atoms with van der Waals surface area (Å²) in [6.45, 7) is 0. The molecule has 1 aliphatic rings. The molecule has 1 fully saturated rings. The Morgan fingerprint density at radius 2 is 1.92 bits per heavy atom. The van der Waals surface area contributed by atoms with Crippen LogP contribution < -0.4 is 21.7 Å². The van der Waals surface area contributed by atoms with Gasteiger partial charge in [0, 0.05) is 6.04 Å². The van der Waals surface area contributed by atoms with Crippen LogP contribution in [0, 0.1) is 0 Å². The molecule has 0 spiro atoms. The molecule has 24 heavy (non-hydrogen) atoms. The number of hydrogen-bond donors (Lipinski definition) is 4. The summed E-state index contributed by atoms with van der Waals surface area (Å²) < 4.78 is 0. The van der Waals surface area contributed by atoms with E-state index in [0.29, 0.717) is 22.1 Å². The maximum atomic E-state index is 12.1. The molecule has 2 aromatic rings. The minimum absolute atomic E-state index is 0.0633. The first-order valence-electron chi connectivity index (χ1n) is 7.99. The summed E-state index contributed by atoms with van der Waals surface area (Å²) in [4.78, 5) is 30.7. The van der Waals surface area contributed by atoms with Crippen molar-refractivity contribution in [2.45, 2.75) is 38.1 Å². The molecule has 0 radical (unpaired) electrons. The fraction of sp³-hybridized carbons (Fsp3) is 0.375. The van der Waals surface area contributed by atoms with Crippen LogP contribution in [0.4, 0.5) is 0 Å². The van der Waals surface area contributed by atoms with Crippen LogP contribution in [-0.2, 0) is 0 Å². The van der Waals surface area contributed by atoms with Crippen molar-refractivity contribution >= 4 is 34.1 Å². The van der Waals surface area contributed by atoms with E-state index in [9.17, 15) is 9.59 Å². The van der Waals surface area contributed by atoms with Gasteiger partial charge in [0.15, 0.2) is 5.11 Å². The Labute approximate surface area is 144 Å². The zero-order valence-electron chi connectivity index (χ0n) is 13.1. The lowest BCUT2D eigenvalue weighted by Gasteiger charge is -2.24. The van der Waals surface area contributed by atoms with Crippen LogP contribution in [0.25, 0.3) is 10.9 Å². The molecule has 0 atom stereocenters. The Kier molecular flexibility index (Phi) is 5.05. The lowest BCUT2D eigenvalue weighted by molar-refractivity contribution is 0.0933. The molecular weight excluding hydrogens is 326 g/mol.